The van der Waals surface area contributed by atoms with Crippen LogP contribution in [0.15, 0.2) is 30.8 Å². The predicted octanol–water partition coefficient (Wildman–Crippen LogP) is 4.10. The summed E-state index contributed by atoms with van der Waals surface area (Å²) in [7, 11) is 0. The van der Waals surface area contributed by atoms with Crippen molar-refractivity contribution >= 4 is 5.76 Å². The van der Waals surface area contributed by atoms with Crippen LogP contribution < -0.4 is 0 Å². The Morgan fingerprint density at radius 2 is 1.81 bits per heavy atom. The molecule has 0 aliphatic heterocycles. The molecular weight excluding hydrogens is 210 g/mol. The zero-order valence-electron chi connectivity index (χ0n) is 9.54. The molecule has 0 radical (unpaired) electrons. The summed E-state index contributed by atoms with van der Waals surface area (Å²) in [5.41, 5.74) is 1.77. The summed E-state index contributed by atoms with van der Waals surface area (Å²) in [6.45, 7) is 4.90. The van der Waals surface area contributed by atoms with Gasteiger partial charge in [-0.25, -0.2) is 0 Å². The van der Waals surface area contributed by atoms with Gasteiger partial charge in [0.2, 0.25) is 0 Å². The van der Waals surface area contributed by atoms with E-state index in [0.717, 1.165) is 6.42 Å². The Kier molecular flexibility index (Phi) is 4.47. The SMILES string of the molecule is C=C(OC(F)F)c1ccc(CC(C)C)cc1. The first-order chi connectivity index (χ1) is 7.49. The van der Waals surface area contributed by atoms with Crippen LogP contribution >= 0.6 is 0 Å². The van der Waals surface area contributed by atoms with E-state index in [1.54, 1.807) is 12.1 Å². The summed E-state index contributed by atoms with van der Waals surface area (Å²) in [6.07, 6.45) is 0.975. The Bertz CT molecular complexity index is 341. The molecule has 0 heterocycles. The molecule has 1 aromatic carbocycles. The Morgan fingerprint density at radius 1 is 1.25 bits per heavy atom. The minimum atomic E-state index is -2.82. The first kappa shape index (κ1) is 12.7. The smallest absolute Gasteiger partial charge is 0.387 e. The number of benzene rings is 1. The largest absolute Gasteiger partial charge is 0.435 e. The summed E-state index contributed by atoms with van der Waals surface area (Å²) in [5, 5.41) is 0. The van der Waals surface area contributed by atoms with Gasteiger partial charge in [-0.3, -0.25) is 0 Å². The predicted molar refractivity (Wildman–Crippen MR) is 61.1 cm³/mol. The van der Waals surface area contributed by atoms with Gasteiger partial charge in [0.15, 0.2) is 0 Å². The van der Waals surface area contributed by atoms with Gasteiger partial charge < -0.3 is 4.74 Å². The Morgan fingerprint density at radius 3 is 2.25 bits per heavy atom. The lowest BCUT2D eigenvalue weighted by Crippen LogP contribution is -1.98. The first-order valence-electron chi connectivity index (χ1n) is 5.22. The lowest BCUT2D eigenvalue weighted by Gasteiger charge is -2.09. The highest BCUT2D eigenvalue weighted by molar-refractivity contribution is 5.57. The fourth-order valence-corrected chi connectivity index (χ4v) is 1.47. The molecule has 0 N–H and O–H groups in total. The second-order valence-electron chi connectivity index (χ2n) is 4.10. The molecule has 0 aromatic heterocycles. The number of alkyl halides is 2. The molecule has 0 fully saturated rings. The number of hydrogen-bond acceptors (Lipinski definition) is 1. The quantitative estimate of drug-likeness (QED) is 0.687. The van der Waals surface area contributed by atoms with Crippen molar-refractivity contribution in [2.24, 2.45) is 5.92 Å². The van der Waals surface area contributed by atoms with Crippen LogP contribution in [0.4, 0.5) is 8.78 Å². The number of halogens is 2. The Balaban J connectivity index is 2.67. The zero-order valence-corrected chi connectivity index (χ0v) is 9.54. The van der Waals surface area contributed by atoms with Gasteiger partial charge in [0, 0.05) is 5.56 Å². The van der Waals surface area contributed by atoms with E-state index in [1.165, 1.54) is 5.56 Å². The topological polar surface area (TPSA) is 9.23 Å². The van der Waals surface area contributed by atoms with Crippen LogP contribution in [0.5, 0.6) is 0 Å². The van der Waals surface area contributed by atoms with Crippen LogP contribution in [-0.4, -0.2) is 6.61 Å². The highest BCUT2D eigenvalue weighted by atomic mass is 19.3. The van der Waals surface area contributed by atoms with Crippen molar-refractivity contribution in [2.45, 2.75) is 26.9 Å². The maximum atomic E-state index is 11.9. The van der Waals surface area contributed by atoms with Gasteiger partial charge in [-0.05, 0) is 17.9 Å². The van der Waals surface area contributed by atoms with Crippen molar-refractivity contribution in [1.82, 2.24) is 0 Å². The maximum absolute atomic E-state index is 11.9. The molecule has 1 rings (SSSR count). The van der Waals surface area contributed by atoms with Crippen molar-refractivity contribution in [1.29, 1.82) is 0 Å². The van der Waals surface area contributed by atoms with E-state index in [0.29, 0.717) is 11.5 Å². The number of rotatable bonds is 5. The van der Waals surface area contributed by atoms with Crippen LogP contribution in [0.1, 0.15) is 25.0 Å². The molecule has 16 heavy (non-hydrogen) atoms. The number of hydrogen-bond donors (Lipinski definition) is 0. The second kappa shape index (κ2) is 5.64. The minimum Gasteiger partial charge on any atom is -0.435 e. The number of ether oxygens (including phenoxy) is 1. The zero-order chi connectivity index (χ0) is 12.1. The lowest BCUT2D eigenvalue weighted by atomic mass is 10.0. The first-order valence-corrected chi connectivity index (χ1v) is 5.22. The van der Waals surface area contributed by atoms with Gasteiger partial charge >= 0.3 is 6.61 Å². The van der Waals surface area contributed by atoms with Gasteiger partial charge in [-0.1, -0.05) is 44.7 Å². The third-order valence-electron chi connectivity index (χ3n) is 2.15. The molecule has 0 saturated heterocycles. The fraction of sp³-hybridized carbons (Fsp3) is 0.385. The van der Waals surface area contributed by atoms with Gasteiger partial charge in [0.1, 0.15) is 5.76 Å². The van der Waals surface area contributed by atoms with E-state index in [9.17, 15) is 8.78 Å². The van der Waals surface area contributed by atoms with Gasteiger partial charge in [0.25, 0.3) is 0 Å². The lowest BCUT2D eigenvalue weighted by molar-refractivity contribution is -0.0708. The van der Waals surface area contributed by atoms with Gasteiger partial charge in [-0.15, -0.1) is 0 Å². The highest BCUT2D eigenvalue weighted by Crippen LogP contribution is 2.18. The summed E-state index contributed by atoms with van der Waals surface area (Å²) in [6, 6.07) is 7.33. The third kappa shape index (κ3) is 4.01. The van der Waals surface area contributed by atoms with E-state index in [-0.39, 0.29) is 5.76 Å². The van der Waals surface area contributed by atoms with Crippen LogP contribution in [0, 0.1) is 5.92 Å². The van der Waals surface area contributed by atoms with Crippen molar-refractivity contribution in [3.8, 4) is 0 Å². The molecule has 0 aliphatic rings. The average Bonchev–Trinajstić information content (AvgIpc) is 2.16. The Hall–Kier alpha value is -1.38. The summed E-state index contributed by atoms with van der Waals surface area (Å²) in [4.78, 5) is 0. The molecule has 0 spiro atoms. The van der Waals surface area contributed by atoms with Gasteiger partial charge in [0.05, 0.1) is 0 Å². The van der Waals surface area contributed by atoms with Crippen molar-refractivity contribution in [3.63, 3.8) is 0 Å². The summed E-state index contributed by atoms with van der Waals surface area (Å²) in [5.74, 6) is 0.581. The monoisotopic (exact) mass is 226 g/mol. The molecule has 0 saturated carbocycles. The molecule has 88 valence electrons. The Labute approximate surface area is 94.7 Å². The molecule has 3 heteroatoms. The third-order valence-corrected chi connectivity index (χ3v) is 2.15. The second-order valence-corrected chi connectivity index (χ2v) is 4.10. The van der Waals surface area contributed by atoms with Crippen molar-refractivity contribution < 1.29 is 13.5 Å². The van der Waals surface area contributed by atoms with Crippen molar-refractivity contribution in [3.05, 3.63) is 42.0 Å². The molecule has 1 aromatic rings. The van der Waals surface area contributed by atoms with Crippen LogP contribution in [0.2, 0.25) is 0 Å². The molecule has 1 nitrogen and oxygen atoms in total. The molecule has 0 unspecified atom stereocenters. The van der Waals surface area contributed by atoms with E-state index >= 15 is 0 Å². The average molecular weight is 226 g/mol. The molecule has 0 amide bonds. The highest BCUT2D eigenvalue weighted by Gasteiger charge is 2.07. The van der Waals surface area contributed by atoms with E-state index in [1.807, 2.05) is 12.1 Å². The van der Waals surface area contributed by atoms with Crippen LogP contribution in [0.3, 0.4) is 0 Å². The normalized spacial score (nSPS) is 10.9. The van der Waals surface area contributed by atoms with Gasteiger partial charge in [-0.2, -0.15) is 8.78 Å². The maximum Gasteiger partial charge on any atom is 0.387 e. The molecule has 0 atom stereocenters. The fourth-order valence-electron chi connectivity index (χ4n) is 1.47. The van der Waals surface area contributed by atoms with E-state index in [2.05, 4.69) is 25.2 Å². The molecule has 0 aliphatic carbocycles. The standard InChI is InChI=1S/C13H16F2O/c1-9(2)8-11-4-6-12(7-5-11)10(3)16-13(14)15/h4-7,9,13H,3,8H2,1-2H3. The van der Waals surface area contributed by atoms with Crippen LogP contribution in [-0.2, 0) is 11.2 Å². The molecular formula is C13H16F2O. The van der Waals surface area contributed by atoms with Crippen LogP contribution in [0.25, 0.3) is 5.76 Å². The van der Waals surface area contributed by atoms with E-state index < -0.39 is 6.61 Å². The minimum absolute atomic E-state index is 0.00565. The van der Waals surface area contributed by atoms with E-state index in [4.69, 9.17) is 0 Å². The summed E-state index contributed by atoms with van der Waals surface area (Å²) < 4.78 is 28.1. The van der Waals surface area contributed by atoms with Crippen molar-refractivity contribution in [2.75, 3.05) is 0 Å². The summed E-state index contributed by atoms with van der Waals surface area (Å²) >= 11 is 0. The molecule has 0 bridgehead atoms.